The van der Waals surface area contributed by atoms with Crippen LogP contribution < -0.4 is 0 Å². The van der Waals surface area contributed by atoms with Crippen molar-refractivity contribution in [2.75, 3.05) is 13.1 Å². The first-order valence-corrected chi connectivity index (χ1v) is 6.99. The molecule has 1 aliphatic heterocycles. The van der Waals surface area contributed by atoms with E-state index in [0.29, 0.717) is 17.7 Å². The molecule has 0 aromatic carbocycles. The molecule has 2 aliphatic rings. The number of fused-ring (bicyclic) bond motifs is 1. The van der Waals surface area contributed by atoms with Crippen LogP contribution in [0, 0.1) is 11.3 Å². The first kappa shape index (κ1) is 11.8. The molecule has 3 rings (SSSR count). The second kappa shape index (κ2) is 4.41. The third-order valence-electron chi connectivity index (χ3n) is 4.70. The van der Waals surface area contributed by atoms with Gasteiger partial charge in [-0.05, 0) is 36.7 Å². The van der Waals surface area contributed by atoms with Crippen LogP contribution in [0.5, 0.6) is 0 Å². The van der Waals surface area contributed by atoms with Gasteiger partial charge in [-0.25, -0.2) is 0 Å². The number of carbonyl (C=O) groups is 1. The van der Waals surface area contributed by atoms with E-state index in [1.54, 1.807) is 6.20 Å². The normalized spacial score (nSPS) is 29.4. The van der Waals surface area contributed by atoms with Crippen molar-refractivity contribution in [3.63, 3.8) is 0 Å². The predicted molar refractivity (Wildman–Crippen MR) is 68.9 cm³/mol. The monoisotopic (exact) mass is 247 g/mol. The number of aromatic nitrogens is 2. The summed E-state index contributed by atoms with van der Waals surface area (Å²) < 4.78 is 1.89. The van der Waals surface area contributed by atoms with Crippen LogP contribution in [0.4, 0.5) is 0 Å². The van der Waals surface area contributed by atoms with Crippen molar-refractivity contribution >= 4 is 5.91 Å². The van der Waals surface area contributed by atoms with E-state index >= 15 is 0 Å². The molecule has 1 aromatic heterocycles. The Bertz CT molecular complexity index is 424. The van der Waals surface area contributed by atoms with Crippen molar-refractivity contribution < 1.29 is 4.79 Å². The fourth-order valence-corrected chi connectivity index (χ4v) is 3.31. The van der Waals surface area contributed by atoms with Crippen LogP contribution in [0.1, 0.15) is 32.6 Å². The number of hydrogen-bond acceptors (Lipinski definition) is 2. The Balaban J connectivity index is 1.43. The highest BCUT2D eigenvalue weighted by Crippen LogP contribution is 2.59. The Hall–Kier alpha value is -1.32. The van der Waals surface area contributed by atoms with Crippen LogP contribution in [-0.4, -0.2) is 33.7 Å². The molecule has 2 unspecified atom stereocenters. The Morgan fingerprint density at radius 2 is 2.44 bits per heavy atom. The Kier molecular flexibility index (Phi) is 2.88. The standard InChI is InChI=1S/C14H21N3O/c1-2-14-9-12(14)10-16(11-14)13(18)5-3-7-17-8-4-6-15-17/h4,6,8,12H,2-3,5,7,9-11H2,1H3. The maximum atomic E-state index is 12.1. The van der Waals surface area contributed by atoms with Gasteiger partial charge < -0.3 is 4.90 Å². The average molecular weight is 247 g/mol. The SMILES string of the molecule is CCC12CC1CN(C(=O)CCCn1cccn1)C2. The molecule has 1 aliphatic carbocycles. The summed E-state index contributed by atoms with van der Waals surface area (Å²) in [5.41, 5.74) is 0.512. The van der Waals surface area contributed by atoms with E-state index in [1.165, 1.54) is 12.8 Å². The molecule has 1 saturated heterocycles. The van der Waals surface area contributed by atoms with Crippen LogP contribution in [0.25, 0.3) is 0 Å². The molecule has 1 saturated carbocycles. The van der Waals surface area contributed by atoms with Gasteiger partial charge in [0.15, 0.2) is 0 Å². The van der Waals surface area contributed by atoms with Gasteiger partial charge in [0.25, 0.3) is 0 Å². The summed E-state index contributed by atoms with van der Waals surface area (Å²) in [5, 5.41) is 4.15. The predicted octanol–water partition coefficient (Wildman–Crippen LogP) is 1.92. The molecular weight excluding hydrogens is 226 g/mol. The molecule has 0 N–H and O–H groups in total. The number of carbonyl (C=O) groups excluding carboxylic acids is 1. The summed E-state index contributed by atoms with van der Waals surface area (Å²) in [6.07, 6.45) is 7.85. The molecule has 1 aromatic rings. The number of rotatable bonds is 5. The second-order valence-electron chi connectivity index (χ2n) is 5.76. The number of aryl methyl sites for hydroxylation is 1. The number of piperidine rings is 1. The highest BCUT2D eigenvalue weighted by atomic mass is 16.2. The largest absolute Gasteiger partial charge is 0.342 e. The number of nitrogens with zero attached hydrogens (tertiary/aromatic N) is 3. The van der Waals surface area contributed by atoms with Crippen LogP contribution in [0.2, 0.25) is 0 Å². The lowest BCUT2D eigenvalue weighted by molar-refractivity contribution is -0.131. The van der Waals surface area contributed by atoms with Crippen molar-refractivity contribution in [3.05, 3.63) is 18.5 Å². The molecule has 2 atom stereocenters. The second-order valence-corrected chi connectivity index (χ2v) is 5.76. The average Bonchev–Trinajstić information content (AvgIpc) is 2.79. The van der Waals surface area contributed by atoms with Gasteiger partial charge in [0, 0.05) is 38.4 Å². The fraction of sp³-hybridized carbons (Fsp3) is 0.714. The first-order chi connectivity index (χ1) is 8.73. The number of amides is 1. The Morgan fingerprint density at radius 1 is 1.56 bits per heavy atom. The van der Waals surface area contributed by atoms with Crippen molar-refractivity contribution in [2.45, 2.75) is 39.2 Å². The summed E-state index contributed by atoms with van der Waals surface area (Å²) in [6, 6.07) is 1.92. The summed E-state index contributed by atoms with van der Waals surface area (Å²) >= 11 is 0. The van der Waals surface area contributed by atoms with Crippen LogP contribution >= 0.6 is 0 Å². The molecule has 4 heteroatoms. The van der Waals surface area contributed by atoms with Gasteiger partial charge in [-0.2, -0.15) is 5.10 Å². The minimum atomic E-state index is 0.335. The maximum Gasteiger partial charge on any atom is 0.222 e. The first-order valence-electron chi connectivity index (χ1n) is 6.99. The zero-order valence-corrected chi connectivity index (χ0v) is 11.0. The zero-order chi connectivity index (χ0) is 12.6. The molecule has 2 fully saturated rings. The van der Waals surface area contributed by atoms with Crippen LogP contribution in [0.15, 0.2) is 18.5 Å². The van der Waals surface area contributed by atoms with E-state index in [4.69, 9.17) is 0 Å². The summed E-state index contributed by atoms with van der Waals surface area (Å²) in [5.74, 6) is 1.14. The fourth-order valence-electron chi connectivity index (χ4n) is 3.31. The van der Waals surface area contributed by atoms with Gasteiger partial charge in [0.05, 0.1) is 0 Å². The van der Waals surface area contributed by atoms with Crippen molar-refractivity contribution in [1.82, 2.24) is 14.7 Å². The van der Waals surface area contributed by atoms with Gasteiger partial charge in [-0.1, -0.05) is 6.92 Å². The quantitative estimate of drug-likeness (QED) is 0.797. The van der Waals surface area contributed by atoms with Gasteiger partial charge in [-0.15, -0.1) is 0 Å². The summed E-state index contributed by atoms with van der Waals surface area (Å²) in [7, 11) is 0. The van der Waals surface area contributed by atoms with Crippen LogP contribution in [-0.2, 0) is 11.3 Å². The maximum absolute atomic E-state index is 12.1. The lowest BCUT2D eigenvalue weighted by atomic mass is 10.0. The molecule has 18 heavy (non-hydrogen) atoms. The van der Waals surface area contributed by atoms with E-state index in [9.17, 15) is 4.79 Å². The van der Waals surface area contributed by atoms with E-state index in [0.717, 1.165) is 32.0 Å². The number of likely N-dealkylation sites (tertiary alicyclic amines) is 1. The van der Waals surface area contributed by atoms with E-state index < -0.39 is 0 Å². The minimum absolute atomic E-state index is 0.335. The molecule has 1 amide bonds. The molecule has 4 nitrogen and oxygen atoms in total. The zero-order valence-electron chi connectivity index (χ0n) is 11.0. The minimum Gasteiger partial charge on any atom is -0.342 e. The third-order valence-corrected chi connectivity index (χ3v) is 4.70. The lowest BCUT2D eigenvalue weighted by Gasteiger charge is -2.20. The Morgan fingerprint density at radius 3 is 3.11 bits per heavy atom. The van der Waals surface area contributed by atoms with Gasteiger partial charge in [0.1, 0.15) is 0 Å². The molecule has 0 radical (unpaired) electrons. The smallest absolute Gasteiger partial charge is 0.222 e. The third kappa shape index (κ3) is 2.04. The Labute approximate surface area is 108 Å². The van der Waals surface area contributed by atoms with E-state index in [1.807, 2.05) is 16.9 Å². The summed E-state index contributed by atoms with van der Waals surface area (Å²) in [4.78, 5) is 14.2. The summed E-state index contributed by atoms with van der Waals surface area (Å²) in [6.45, 7) is 5.11. The lowest BCUT2D eigenvalue weighted by Crippen LogP contribution is -2.31. The van der Waals surface area contributed by atoms with E-state index in [2.05, 4.69) is 16.9 Å². The molecule has 98 valence electrons. The highest BCUT2D eigenvalue weighted by molar-refractivity contribution is 5.76. The van der Waals surface area contributed by atoms with E-state index in [-0.39, 0.29) is 0 Å². The molecule has 0 bridgehead atoms. The number of hydrogen-bond donors (Lipinski definition) is 0. The molecular formula is C14H21N3O. The molecule has 2 heterocycles. The van der Waals surface area contributed by atoms with Crippen molar-refractivity contribution in [3.8, 4) is 0 Å². The highest BCUT2D eigenvalue weighted by Gasteiger charge is 2.58. The van der Waals surface area contributed by atoms with Gasteiger partial charge in [0.2, 0.25) is 5.91 Å². The van der Waals surface area contributed by atoms with Gasteiger partial charge in [-0.3, -0.25) is 9.48 Å². The van der Waals surface area contributed by atoms with Crippen molar-refractivity contribution in [2.24, 2.45) is 11.3 Å². The van der Waals surface area contributed by atoms with Crippen LogP contribution in [0.3, 0.4) is 0 Å². The molecule has 0 spiro atoms. The van der Waals surface area contributed by atoms with Crippen molar-refractivity contribution in [1.29, 1.82) is 0 Å². The topological polar surface area (TPSA) is 38.1 Å². The van der Waals surface area contributed by atoms with Gasteiger partial charge >= 0.3 is 0 Å².